The van der Waals surface area contributed by atoms with Crippen LogP contribution in [0.5, 0.6) is 0 Å². The number of nitriles is 2. The maximum Gasteiger partial charge on any atom is 0.194 e. The van der Waals surface area contributed by atoms with Gasteiger partial charge in [0.2, 0.25) is 0 Å². The molecular formula is C29H25N3O. The Morgan fingerprint density at radius 2 is 1.82 bits per heavy atom. The van der Waals surface area contributed by atoms with Crippen LogP contribution < -0.4 is 4.90 Å². The molecule has 2 aromatic rings. The van der Waals surface area contributed by atoms with E-state index < -0.39 is 0 Å². The van der Waals surface area contributed by atoms with Crippen molar-refractivity contribution in [3.63, 3.8) is 0 Å². The molecule has 3 aliphatic rings. The Morgan fingerprint density at radius 1 is 1.09 bits per heavy atom. The predicted octanol–water partition coefficient (Wildman–Crippen LogP) is 6.45. The fraction of sp³-hybridized carbons (Fsp3) is 0.276. The first-order valence-electron chi connectivity index (χ1n) is 11.7. The lowest BCUT2D eigenvalue weighted by Crippen LogP contribution is -2.24. The number of fused-ring (bicyclic) bond motifs is 4. The Bertz CT molecular complexity index is 1310. The van der Waals surface area contributed by atoms with E-state index in [1.54, 1.807) is 6.07 Å². The second-order valence-corrected chi connectivity index (χ2v) is 8.83. The number of allylic oxidation sites excluding steroid dienone is 6. The summed E-state index contributed by atoms with van der Waals surface area (Å²) in [5.74, 6) is 0.228. The van der Waals surface area contributed by atoms with Crippen molar-refractivity contribution in [2.45, 2.75) is 44.9 Å². The molecule has 0 amide bonds. The fourth-order valence-electron chi connectivity index (χ4n) is 5.53. The smallest absolute Gasteiger partial charge is 0.194 e. The van der Waals surface area contributed by atoms with Gasteiger partial charge in [0.25, 0.3) is 0 Å². The Kier molecular flexibility index (Phi) is 5.45. The molecule has 0 aromatic heterocycles. The minimum Gasteiger partial charge on any atom is -0.344 e. The molecule has 0 unspecified atom stereocenters. The third kappa shape index (κ3) is 3.31. The van der Waals surface area contributed by atoms with Crippen LogP contribution in [-0.4, -0.2) is 12.3 Å². The number of carbonyl (C=O) groups is 1. The summed E-state index contributed by atoms with van der Waals surface area (Å²) in [7, 11) is 0. The highest BCUT2D eigenvalue weighted by molar-refractivity contribution is 6.28. The van der Waals surface area contributed by atoms with E-state index in [1.165, 1.54) is 16.9 Å². The minimum absolute atomic E-state index is 0.00458. The largest absolute Gasteiger partial charge is 0.344 e. The average molecular weight is 432 g/mol. The van der Waals surface area contributed by atoms with Crippen molar-refractivity contribution in [1.82, 2.24) is 0 Å². The Balaban J connectivity index is 1.71. The van der Waals surface area contributed by atoms with Crippen molar-refractivity contribution in [1.29, 1.82) is 10.5 Å². The number of benzene rings is 2. The van der Waals surface area contributed by atoms with Crippen LogP contribution in [0.2, 0.25) is 0 Å². The van der Waals surface area contributed by atoms with Crippen molar-refractivity contribution in [2.24, 2.45) is 0 Å². The van der Waals surface area contributed by atoms with Crippen LogP contribution >= 0.6 is 0 Å². The van der Waals surface area contributed by atoms with E-state index in [4.69, 9.17) is 0 Å². The summed E-state index contributed by atoms with van der Waals surface area (Å²) in [4.78, 5) is 15.9. The number of Topliss-reactive ketones (excluding diaryl/α,β-unsaturated/α-hetero) is 1. The molecule has 4 nitrogen and oxygen atoms in total. The second-order valence-electron chi connectivity index (χ2n) is 8.83. The summed E-state index contributed by atoms with van der Waals surface area (Å²) in [5, 5.41) is 19.3. The number of carbonyl (C=O) groups excluding carboxylic acids is 1. The van der Waals surface area contributed by atoms with Gasteiger partial charge in [0.1, 0.15) is 17.7 Å². The summed E-state index contributed by atoms with van der Waals surface area (Å²) in [6.07, 6.45) is 7.22. The lowest BCUT2D eigenvalue weighted by atomic mass is 9.83. The van der Waals surface area contributed by atoms with Crippen molar-refractivity contribution >= 4 is 17.0 Å². The first-order chi connectivity index (χ1) is 16.2. The normalized spacial score (nSPS) is 19.8. The van der Waals surface area contributed by atoms with E-state index in [1.807, 2.05) is 36.4 Å². The first kappa shape index (κ1) is 21.0. The summed E-state index contributed by atoms with van der Waals surface area (Å²) in [6.45, 7) is 3.15. The molecular weight excluding hydrogens is 406 g/mol. The van der Waals surface area contributed by atoms with Crippen LogP contribution in [0, 0.1) is 22.7 Å². The minimum atomic E-state index is -0.102. The van der Waals surface area contributed by atoms with Gasteiger partial charge in [-0.25, -0.2) is 0 Å². The molecule has 162 valence electrons. The zero-order chi connectivity index (χ0) is 22.9. The molecule has 0 N–H and O–H groups in total. The van der Waals surface area contributed by atoms with Crippen molar-refractivity contribution in [3.05, 3.63) is 93.7 Å². The number of para-hydroxylation sites is 1. The molecule has 4 heteroatoms. The fourth-order valence-corrected chi connectivity index (χ4v) is 5.53. The lowest BCUT2D eigenvalue weighted by molar-refractivity contribution is 0.104. The summed E-state index contributed by atoms with van der Waals surface area (Å²) in [6, 6.07) is 20.0. The monoisotopic (exact) mass is 431 g/mol. The van der Waals surface area contributed by atoms with Gasteiger partial charge in [0.15, 0.2) is 5.78 Å². The van der Waals surface area contributed by atoms with Gasteiger partial charge in [-0.1, -0.05) is 55.8 Å². The van der Waals surface area contributed by atoms with Crippen molar-refractivity contribution in [2.75, 3.05) is 11.4 Å². The van der Waals surface area contributed by atoms with Gasteiger partial charge in [0.05, 0.1) is 0 Å². The molecule has 2 aromatic carbocycles. The Labute approximate surface area is 194 Å². The first-order valence-corrected chi connectivity index (χ1v) is 11.7. The lowest BCUT2D eigenvalue weighted by Gasteiger charge is -2.29. The van der Waals surface area contributed by atoms with Crippen LogP contribution in [0.15, 0.2) is 77.0 Å². The molecule has 1 aliphatic heterocycles. The standard InChI is InChI=1S/C29H25N3O/c1-2-3-15-32-26-14-7-6-10-21(26)23-13-8-9-19(28(23)32)16-25-27(20(17-30)18-31)22-11-4-5-12-24(22)29(25)33/h4-7,10-12,14,16,23H,2-3,8-9,13,15H2,1H3/b25-16-/t23-/m1/s1. The SMILES string of the molecule is CCCCN1C2=C(/C=C3\C(=O)c4ccccc4C3=C(C#N)C#N)CCC[C@@H]2c2ccccc21. The van der Waals surface area contributed by atoms with Gasteiger partial charge in [-0.3, -0.25) is 4.79 Å². The van der Waals surface area contributed by atoms with Crippen LogP contribution in [0.3, 0.4) is 0 Å². The molecule has 2 aliphatic carbocycles. The zero-order valence-corrected chi connectivity index (χ0v) is 18.8. The van der Waals surface area contributed by atoms with Crippen LogP contribution in [0.4, 0.5) is 5.69 Å². The zero-order valence-electron chi connectivity index (χ0n) is 18.8. The number of hydrogen-bond donors (Lipinski definition) is 0. The molecule has 5 rings (SSSR count). The quantitative estimate of drug-likeness (QED) is 0.412. The highest BCUT2D eigenvalue weighted by Crippen LogP contribution is 2.51. The predicted molar refractivity (Wildman–Crippen MR) is 129 cm³/mol. The number of anilines is 1. The summed E-state index contributed by atoms with van der Waals surface area (Å²) in [5.41, 5.74) is 7.29. The highest BCUT2D eigenvalue weighted by Gasteiger charge is 2.38. The third-order valence-electron chi connectivity index (χ3n) is 6.97. The van der Waals surface area contributed by atoms with Gasteiger partial charge in [0, 0.05) is 40.6 Å². The molecule has 0 saturated heterocycles. The van der Waals surface area contributed by atoms with Gasteiger partial charge in [-0.05, 0) is 54.5 Å². The van der Waals surface area contributed by atoms with Gasteiger partial charge >= 0.3 is 0 Å². The maximum atomic E-state index is 13.4. The summed E-state index contributed by atoms with van der Waals surface area (Å²) < 4.78 is 0. The van der Waals surface area contributed by atoms with E-state index in [9.17, 15) is 15.3 Å². The van der Waals surface area contributed by atoms with Crippen LogP contribution in [0.1, 0.15) is 66.4 Å². The second kappa shape index (κ2) is 8.57. The van der Waals surface area contributed by atoms with E-state index in [2.05, 4.69) is 36.1 Å². The molecule has 1 atom stereocenters. The molecule has 1 heterocycles. The Hall–Kier alpha value is -3.89. The molecule has 0 bridgehead atoms. The van der Waals surface area contributed by atoms with Crippen molar-refractivity contribution < 1.29 is 4.79 Å². The van der Waals surface area contributed by atoms with E-state index in [-0.39, 0.29) is 11.4 Å². The molecule has 0 spiro atoms. The molecule has 0 radical (unpaired) electrons. The van der Waals surface area contributed by atoms with E-state index >= 15 is 0 Å². The van der Waals surface area contributed by atoms with Crippen LogP contribution in [0.25, 0.3) is 5.57 Å². The average Bonchev–Trinajstić information content (AvgIpc) is 3.32. The summed E-state index contributed by atoms with van der Waals surface area (Å²) >= 11 is 0. The number of rotatable bonds is 4. The molecule has 0 fully saturated rings. The van der Waals surface area contributed by atoms with Gasteiger partial charge in [-0.2, -0.15) is 10.5 Å². The topological polar surface area (TPSA) is 67.9 Å². The number of hydrogen-bond acceptors (Lipinski definition) is 4. The number of ketones is 1. The number of nitrogens with zero attached hydrogens (tertiary/aromatic N) is 3. The maximum absolute atomic E-state index is 13.4. The van der Waals surface area contributed by atoms with Crippen molar-refractivity contribution in [3.8, 4) is 12.1 Å². The molecule has 33 heavy (non-hydrogen) atoms. The Morgan fingerprint density at radius 3 is 2.58 bits per heavy atom. The van der Waals surface area contributed by atoms with Gasteiger partial charge < -0.3 is 4.90 Å². The van der Waals surface area contributed by atoms with E-state index in [0.29, 0.717) is 28.2 Å². The third-order valence-corrected chi connectivity index (χ3v) is 6.97. The van der Waals surface area contributed by atoms with Gasteiger partial charge in [-0.15, -0.1) is 0 Å². The van der Waals surface area contributed by atoms with Crippen LogP contribution in [-0.2, 0) is 0 Å². The van der Waals surface area contributed by atoms with E-state index in [0.717, 1.165) is 44.2 Å². The number of unbranched alkanes of at least 4 members (excludes halogenated alkanes) is 1. The molecule has 0 saturated carbocycles. The highest BCUT2D eigenvalue weighted by atomic mass is 16.1.